The van der Waals surface area contributed by atoms with Gasteiger partial charge in [0.15, 0.2) is 0 Å². The molecule has 0 rings (SSSR count). The Morgan fingerprint density at radius 3 is 2.42 bits per heavy atom. The molecule has 0 spiro atoms. The lowest BCUT2D eigenvalue weighted by Gasteiger charge is -2.12. The van der Waals surface area contributed by atoms with Gasteiger partial charge in [-0.1, -0.05) is 6.58 Å². The van der Waals surface area contributed by atoms with Gasteiger partial charge >= 0.3 is 5.97 Å². The van der Waals surface area contributed by atoms with Gasteiger partial charge in [-0.05, 0) is 19.9 Å². The van der Waals surface area contributed by atoms with E-state index in [2.05, 4.69) is 11.3 Å². The molecule has 0 aliphatic heterocycles. The minimum Gasteiger partial charge on any atom is -0.460 e. The van der Waals surface area contributed by atoms with Crippen LogP contribution in [0.25, 0.3) is 0 Å². The molecule has 0 fully saturated rings. The molecule has 0 aromatic heterocycles. The van der Waals surface area contributed by atoms with E-state index in [1.807, 2.05) is 0 Å². The second-order valence-electron chi connectivity index (χ2n) is 2.37. The molecule has 68 valence electrons. The van der Waals surface area contributed by atoms with E-state index < -0.39 is 12.1 Å². The number of carbonyl (C=O) groups excluding carboxylic acids is 2. The number of esters is 1. The molecule has 4 nitrogen and oxygen atoms in total. The molecule has 0 aromatic carbocycles. The molecular formula is C8H12O4. The maximum absolute atomic E-state index is 11.0. The predicted octanol–water partition coefficient (Wildman–Crippen LogP) is 0.666. The van der Waals surface area contributed by atoms with Crippen molar-refractivity contribution < 1.29 is 19.1 Å². The number of hydrogen-bond donors (Lipinski definition) is 0. The Bertz CT molecular complexity index is 174. The van der Waals surface area contributed by atoms with Crippen molar-refractivity contribution in [1.29, 1.82) is 0 Å². The first-order chi connectivity index (χ1) is 5.61. The molecule has 0 radical (unpaired) electrons. The first-order valence-electron chi connectivity index (χ1n) is 3.54. The van der Waals surface area contributed by atoms with E-state index in [0.29, 0.717) is 0 Å². The topological polar surface area (TPSA) is 52.6 Å². The summed E-state index contributed by atoms with van der Waals surface area (Å²) in [5.41, 5.74) is 0. The summed E-state index contributed by atoms with van der Waals surface area (Å²) in [4.78, 5) is 20.9. The van der Waals surface area contributed by atoms with Crippen LogP contribution in [0.5, 0.6) is 0 Å². The lowest BCUT2D eigenvalue weighted by molar-refractivity contribution is -0.161. The fraction of sp³-hybridized carbons (Fsp3) is 0.500. The van der Waals surface area contributed by atoms with Crippen molar-refractivity contribution in [2.75, 3.05) is 0 Å². The van der Waals surface area contributed by atoms with Crippen LogP contribution in [0.15, 0.2) is 12.7 Å². The maximum atomic E-state index is 11.0. The van der Waals surface area contributed by atoms with E-state index in [0.717, 1.165) is 0 Å². The Balaban J connectivity index is 4.02. The van der Waals surface area contributed by atoms with Crippen LogP contribution < -0.4 is 0 Å². The van der Waals surface area contributed by atoms with Gasteiger partial charge in [0.25, 0.3) is 6.47 Å². The molecule has 12 heavy (non-hydrogen) atoms. The zero-order valence-electron chi connectivity index (χ0n) is 7.15. The Labute approximate surface area is 71.2 Å². The molecule has 0 N–H and O–H groups in total. The summed E-state index contributed by atoms with van der Waals surface area (Å²) in [6.07, 6.45) is -0.0147. The Hall–Kier alpha value is -1.32. The molecule has 0 saturated heterocycles. The second kappa shape index (κ2) is 5.35. The van der Waals surface area contributed by atoms with Crippen molar-refractivity contribution in [1.82, 2.24) is 0 Å². The van der Waals surface area contributed by atoms with E-state index in [1.165, 1.54) is 6.08 Å². The normalized spacial score (nSPS) is 11.9. The minimum atomic E-state index is -0.995. The van der Waals surface area contributed by atoms with Crippen LogP contribution in [0.2, 0.25) is 0 Å². The molecule has 1 unspecified atom stereocenters. The molecule has 1 atom stereocenters. The summed E-state index contributed by atoms with van der Waals surface area (Å²) in [6.45, 7) is 6.93. The van der Waals surface area contributed by atoms with Crippen LogP contribution >= 0.6 is 0 Å². The Morgan fingerprint density at radius 1 is 1.50 bits per heavy atom. The summed E-state index contributed by atoms with van der Waals surface area (Å²) < 4.78 is 9.14. The summed E-state index contributed by atoms with van der Waals surface area (Å²) >= 11 is 0. The van der Waals surface area contributed by atoms with E-state index >= 15 is 0 Å². The summed E-state index contributed by atoms with van der Waals surface area (Å²) in [5, 5.41) is 0. The molecule has 0 bridgehead atoms. The fourth-order valence-corrected chi connectivity index (χ4v) is 0.567. The minimum absolute atomic E-state index is 0.188. The highest BCUT2D eigenvalue weighted by Crippen LogP contribution is 1.98. The third-order valence-corrected chi connectivity index (χ3v) is 1.00. The molecule has 0 aromatic rings. The molecule has 0 aliphatic rings. The first kappa shape index (κ1) is 10.7. The van der Waals surface area contributed by atoms with Gasteiger partial charge in [0.2, 0.25) is 6.10 Å². The highest BCUT2D eigenvalue weighted by atomic mass is 16.6. The van der Waals surface area contributed by atoms with Gasteiger partial charge in [0.05, 0.1) is 6.10 Å². The van der Waals surface area contributed by atoms with Gasteiger partial charge in [-0.2, -0.15) is 0 Å². The second-order valence-corrected chi connectivity index (χ2v) is 2.37. The van der Waals surface area contributed by atoms with Gasteiger partial charge < -0.3 is 9.47 Å². The van der Waals surface area contributed by atoms with Gasteiger partial charge in [0, 0.05) is 0 Å². The van der Waals surface area contributed by atoms with Crippen LogP contribution in [0.4, 0.5) is 0 Å². The SMILES string of the molecule is C=CC(OC=O)C(=O)OC(C)C. The average molecular weight is 172 g/mol. The molecule has 0 saturated carbocycles. The van der Waals surface area contributed by atoms with E-state index in [9.17, 15) is 9.59 Å². The summed E-state index contributed by atoms with van der Waals surface area (Å²) in [7, 11) is 0. The highest BCUT2D eigenvalue weighted by molar-refractivity contribution is 5.78. The van der Waals surface area contributed by atoms with Crippen LogP contribution in [-0.4, -0.2) is 24.6 Å². The monoisotopic (exact) mass is 172 g/mol. The summed E-state index contributed by atoms with van der Waals surface area (Å²) in [6, 6.07) is 0. The average Bonchev–Trinajstić information content (AvgIpc) is 1.98. The number of carbonyl (C=O) groups is 2. The van der Waals surface area contributed by atoms with Gasteiger partial charge in [-0.3, -0.25) is 4.79 Å². The van der Waals surface area contributed by atoms with Crippen molar-refractivity contribution in [3.63, 3.8) is 0 Å². The van der Waals surface area contributed by atoms with Crippen molar-refractivity contribution in [2.24, 2.45) is 0 Å². The lowest BCUT2D eigenvalue weighted by Crippen LogP contribution is -2.26. The van der Waals surface area contributed by atoms with Crippen molar-refractivity contribution in [3.05, 3.63) is 12.7 Å². The van der Waals surface area contributed by atoms with Crippen molar-refractivity contribution in [3.8, 4) is 0 Å². The molecule has 0 aliphatic carbocycles. The van der Waals surface area contributed by atoms with E-state index in [4.69, 9.17) is 4.74 Å². The number of hydrogen-bond acceptors (Lipinski definition) is 4. The Kier molecular flexibility index (Phi) is 4.76. The molecular weight excluding hydrogens is 160 g/mol. The zero-order valence-corrected chi connectivity index (χ0v) is 7.15. The van der Waals surface area contributed by atoms with Crippen LogP contribution in [-0.2, 0) is 19.1 Å². The standard InChI is InChI=1S/C8H12O4/c1-4-7(11-5-9)8(10)12-6(2)3/h4-7H,1H2,2-3H3. The highest BCUT2D eigenvalue weighted by Gasteiger charge is 2.17. The van der Waals surface area contributed by atoms with Gasteiger partial charge in [-0.15, -0.1) is 0 Å². The van der Waals surface area contributed by atoms with Crippen LogP contribution in [0.3, 0.4) is 0 Å². The number of ether oxygens (including phenoxy) is 2. The third-order valence-electron chi connectivity index (χ3n) is 1.00. The Morgan fingerprint density at radius 2 is 2.08 bits per heavy atom. The molecule has 0 amide bonds. The quantitative estimate of drug-likeness (QED) is 0.347. The largest absolute Gasteiger partial charge is 0.460 e. The fourth-order valence-electron chi connectivity index (χ4n) is 0.567. The first-order valence-corrected chi connectivity index (χ1v) is 3.54. The van der Waals surface area contributed by atoms with Crippen molar-refractivity contribution >= 4 is 12.4 Å². The van der Waals surface area contributed by atoms with Crippen LogP contribution in [0.1, 0.15) is 13.8 Å². The third kappa shape index (κ3) is 3.75. The lowest BCUT2D eigenvalue weighted by atomic mass is 10.3. The zero-order chi connectivity index (χ0) is 9.56. The van der Waals surface area contributed by atoms with Gasteiger partial charge in [0.1, 0.15) is 0 Å². The predicted molar refractivity (Wildman–Crippen MR) is 42.4 cm³/mol. The van der Waals surface area contributed by atoms with Crippen LogP contribution in [0, 0.1) is 0 Å². The van der Waals surface area contributed by atoms with E-state index in [1.54, 1.807) is 13.8 Å². The summed E-state index contributed by atoms with van der Waals surface area (Å²) in [5.74, 6) is -0.605. The maximum Gasteiger partial charge on any atom is 0.351 e. The molecule has 4 heteroatoms. The van der Waals surface area contributed by atoms with Gasteiger partial charge in [-0.25, -0.2) is 4.79 Å². The number of rotatable bonds is 5. The smallest absolute Gasteiger partial charge is 0.351 e. The van der Waals surface area contributed by atoms with E-state index in [-0.39, 0.29) is 12.6 Å². The van der Waals surface area contributed by atoms with Crippen molar-refractivity contribution in [2.45, 2.75) is 26.1 Å². The molecule has 0 heterocycles.